The molecule has 4 nitrogen and oxygen atoms in total. The molecule has 0 radical (unpaired) electrons. The van der Waals surface area contributed by atoms with Crippen LogP contribution in [-0.2, 0) is 0 Å². The van der Waals surface area contributed by atoms with Gasteiger partial charge in [0.05, 0.1) is 11.3 Å². The van der Waals surface area contributed by atoms with Crippen LogP contribution in [0.1, 0.15) is 23.2 Å². The SMILES string of the molecule is Nc1cc(C(=O)N2CCN(CC3CC3)CC2)c(F)cc1F. The summed E-state index contributed by atoms with van der Waals surface area (Å²) in [5.41, 5.74) is 5.07. The van der Waals surface area contributed by atoms with Crippen LogP contribution >= 0.6 is 0 Å². The molecule has 3 rings (SSSR count). The molecule has 0 unspecified atom stereocenters. The highest BCUT2D eigenvalue weighted by Crippen LogP contribution is 2.30. The molecular weight excluding hydrogens is 276 g/mol. The lowest BCUT2D eigenvalue weighted by Crippen LogP contribution is -2.49. The maximum Gasteiger partial charge on any atom is 0.256 e. The Bertz CT molecular complexity index is 552. The topological polar surface area (TPSA) is 49.6 Å². The molecule has 2 N–H and O–H groups in total. The van der Waals surface area contributed by atoms with Gasteiger partial charge < -0.3 is 10.6 Å². The van der Waals surface area contributed by atoms with Gasteiger partial charge in [0.25, 0.3) is 5.91 Å². The third kappa shape index (κ3) is 3.15. The van der Waals surface area contributed by atoms with Crippen LogP contribution in [0.25, 0.3) is 0 Å². The third-order valence-corrected chi connectivity index (χ3v) is 4.19. The number of anilines is 1. The summed E-state index contributed by atoms with van der Waals surface area (Å²) in [6, 6.07) is 1.76. The highest BCUT2D eigenvalue weighted by Gasteiger charge is 2.28. The van der Waals surface area contributed by atoms with Crippen LogP contribution in [0, 0.1) is 17.6 Å². The number of carbonyl (C=O) groups excluding carboxylic acids is 1. The zero-order valence-electron chi connectivity index (χ0n) is 11.8. The van der Waals surface area contributed by atoms with E-state index in [0.29, 0.717) is 19.2 Å². The molecule has 0 spiro atoms. The fourth-order valence-electron chi connectivity index (χ4n) is 2.70. The number of nitrogen functional groups attached to an aromatic ring is 1. The Kier molecular flexibility index (Phi) is 3.80. The molecule has 1 amide bonds. The van der Waals surface area contributed by atoms with Gasteiger partial charge in [0, 0.05) is 38.8 Å². The summed E-state index contributed by atoms with van der Waals surface area (Å²) < 4.78 is 26.9. The van der Waals surface area contributed by atoms with Crippen LogP contribution in [-0.4, -0.2) is 48.4 Å². The molecule has 6 heteroatoms. The van der Waals surface area contributed by atoms with Gasteiger partial charge in [0.2, 0.25) is 0 Å². The lowest BCUT2D eigenvalue weighted by atomic mass is 10.1. The molecule has 0 bridgehead atoms. The molecular formula is C15H19F2N3O. The normalized spacial score (nSPS) is 19.8. The minimum absolute atomic E-state index is 0.149. The summed E-state index contributed by atoms with van der Waals surface area (Å²) in [5.74, 6) is -1.28. The largest absolute Gasteiger partial charge is 0.396 e. The van der Waals surface area contributed by atoms with E-state index in [1.807, 2.05) is 0 Å². The molecule has 1 saturated heterocycles. The monoisotopic (exact) mass is 295 g/mol. The number of hydrogen-bond donors (Lipinski definition) is 1. The second-order valence-corrected chi connectivity index (χ2v) is 5.89. The van der Waals surface area contributed by atoms with E-state index < -0.39 is 17.5 Å². The number of hydrogen-bond acceptors (Lipinski definition) is 3. The van der Waals surface area contributed by atoms with Crippen molar-refractivity contribution in [3.05, 3.63) is 29.3 Å². The Labute approximate surface area is 122 Å². The molecule has 2 fully saturated rings. The van der Waals surface area contributed by atoms with E-state index in [4.69, 9.17) is 5.73 Å². The molecule has 0 aromatic heterocycles. The lowest BCUT2D eigenvalue weighted by molar-refractivity contribution is 0.0627. The van der Waals surface area contributed by atoms with E-state index in [0.717, 1.165) is 31.6 Å². The van der Waals surface area contributed by atoms with Gasteiger partial charge in [-0.25, -0.2) is 8.78 Å². The van der Waals surface area contributed by atoms with Crippen LogP contribution in [0.4, 0.5) is 14.5 Å². The van der Waals surface area contributed by atoms with Crippen LogP contribution in [0.3, 0.4) is 0 Å². The predicted octanol–water partition coefficient (Wildman–Crippen LogP) is 1.71. The highest BCUT2D eigenvalue weighted by molar-refractivity contribution is 5.95. The molecule has 21 heavy (non-hydrogen) atoms. The Morgan fingerprint density at radius 3 is 2.43 bits per heavy atom. The highest BCUT2D eigenvalue weighted by atomic mass is 19.1. The van der Waals surface area contributed by atoms with Crippen molar-refractivity contribution in [1.82, 2.24) is 9.80 Å². The summed E-state index contributed by atoms with van der Waals surface area (Å²) in [4.78, 5) is 16.3. The number of carbonyl (C=O) groups is 1. The maximum atomic E-state index is 13.7. The van der Waals surface area contributed by atoms with Crippen molar-refractivity contribution in [2.75, 3.05) is 38.5 Å². The predicted molar refractivity (Wildman–Crippen MR) is 75.8 cm³/mol. The quantitative estimate of drug-likeness (QED) is 0.864. The molecule has 2 aliphatic rings. The fourth-order valence-corrected chi connectivity index (χ4v) is 2.70. The lowest BCUT2D eigenvalue weighted by Gasteiger charge is -2.34. The first kappa shape index (κ1) is 14.3. The van der Waals surface area contributed by atoms with E-state index in [-0.39, 0.29) is 11.3 Å². The van der Waals surface area contributed by atoms with Crippen LogP contribution in [0.5, 0.6) is 0 Å². The Morgan fingerprint density at radius 1 is 1.14 bits per heavy atom. The van der Waals surface area contributed by atoms with Crippen molar-refractivity contribution in [1.29, 1.82) is 0 Å². The fraction of sp³-hybridized carbons (Fsp3) is 0.533. The summed E-state index contributed by atoms with van der Waals surface area (Å²) in [5, 5.41) is 0. The smallest absolute Gasteiger partial charge is 0.256 e. The number of rotatable bonds is 3. The maximum absolute atomic E-state index is 13.7. The van der Waals surface area contributed by atoms with Crippen molar-refractivity contribution in [2.24, 2.45) is 5.92 Å². The average molecular weight is 295 g/mol. The summed E-state index contributed by atoms with van der Waals surface area (Å²) >= 11 is 0. The summed E-state index contributed by atoms with van der Waals surface area (Å²) in [6.45, 7) is 3.85. The zero-order valence-corrected chi connectivity index (χ0v) is 11.8. The van der Waals surface area contributed by atoms with E-state index in [1.165, 1.54) is 12.8 Å². The van der Waals surface area contributed by atoms with E-state index in [9.17, 15) is 13.6 Å². The molecule has 1 aliphatic heterocycles. The Hall–Kier alpha value is -1.69. The minimum atomic E-state index is -0.855. The van der Waals surface area contributed by atoms with Gasteiger partial charge in [-0.15, -0.1) is 0 Å². The number of piperazine rings is 1. The molecule has 1 heterocycles. The van der Waals surface area contributed by atoms with Gasteiger partial charge in [-0.1, -0.05) is 0 Å². The Balaban J connectivity index is 1.64. The number of halogens is 2. The molecule has 1 aromatic carbocycles. The minimum Gasteiger partial charge on any atom is -0.396 e. The van der Waals surface area contributed by atoms with Gasteiger partial charge in [-0.3, -0.25) is 9.69 Å². The average Bonchev–Trinajstić information content (AvgIpc) is 3.27. The number of benzene rings is 1. The van der Waals surface area contributed by atoms with Crippen molar-refractivity contribution in [2.45, 2.75) is 12.8 Å². The van der Waals surface area contributed by atoms with Crippen molar-refractivity contribution < 1.29 is 13.6 Å². The van der Waals surface area contributed by atoms with E-state index >= 15 is 0 Å². The van der Waals surface area contributed by atoms with Crippen molar-refractivity contribution in [3.63, 3.8) is 0 Å². The summed E-state index contributed by atoms with van der Waals surface area (Å²) in [6.07, 6.45) is 2.61. The van der Waals surface area contributed by atoms with E-state index in [2.05, 4.69) is 4.90 Å². The molecule has 0 atom stereocenters. The first-order valence-corrected chi connectivity index (χ1v) is 7.30. The second-order valence-electron chi connectivity index (χ2n) is 5.89. The van der Waals surface area contributed by atoms with Gasteiger partial charge >= 0.3 is 0 Å². The van der Waals surface area contributed by atoms with Crippen molar-refractivity contribution in [3.8, 4) is 0 Å². The third-order valence-electron chi connectivity index (χ3n) is 4.19. The molecule has 114 valence electrons. The van der Waals surface area contributed by atoms with Gasteiger partial charge in [-0.05, 0) is 24.8 Å². The van der Waals surface area contributed by atoms with Gasteiger partial charge in [0.1, 0.15) is 11.6 Å². The number of nitrogens with two attached hydrogens (primary N) is 1. The molecule has 1 saturated carbocycles. The van der Waals surface area contributed by atoms with Crippen LogP contribution in [0.15, 0.2) is 12.1 Å². The first-order valence-electron chi connectivity index (χ1n) is 7.30. The van der Waals surface area contributed by atoms with Crippen molar-refractivity contribution >= 4 is 11.6 Å². The van der Waals surface area contributed by atoms with Gasteiger partial charge in [-0.2, -0.15) is 0 Å². The Morgan fingerprint density at radius 2 is 1.81 bits per heavy atom. The first-order chi connectivity index (χ1) is 10.0. The van der Waals surface area contributed by atoms with Crippen LogP contribution < -0.4 is 5.73 Å². The van der Waals surface area contributed by atoms with E-state index in [1.54, 1.807) is 4.90 Å². The molecule has 1 aliphatic carbocycles. The number of nitrogens with zero attached hydrogens (tertiary/aromatic N) is 2. The summed E-state index contributed by atoms with van der Waals surface area (Å²) in [7, 11) is 0. The standard InChI is InChI=1S/C15H19F2N3O/c16-12-8-13(17)14(18)7-11(12)15(21)20-5-3-19(4-6-20)9-10-1-2-10/h7-8,10H,1-6,9,18H2. The second kappa shape index (κ2) is 5.60. The van der Waals surface area contributed by atoms with Gasteiger partial charge in [0.15, 0.2) is 0 Å². The number of amides is 1. The molecule has 1 aromatic rings. The zero-order chi connectivity index (χ0) is 15.0. The van der Waals surface area contributed by atoms with Crippen LogP contribution in [0.2, 0.25) is 0 Å².